The molecule has 0 radical (unpaired) electrons. The molecule has 0 aromatic heterocycles. The first-order chi connectivity index (χ1) is 9.38. The second kappa shape index (κ2) is 7.91. The molecular formula is C15H28N2O2S. The average molecular weight is 300 g/mol. The second-order valence-electron chi connectivity index (χ2n) is 6.11. The summed E-state index contributed by atoms with van der Waals surface area (Å²) in [6.07, 6.45) is 0.715. The predicted octanol–water partition coefficient (Wildman–Crippen LogP) is 2.14. The van der Waals surface area contributed by atoms with Crippen LogP contribution in [0.4, 0.5) is 0 Å². The number of piperazine rings is 1. The Hall–Kier alpha value is -0.710. The van der Waals surface area contributed by atoms with Crippen molar-refractivity contribution >= 4 is 23.6 Å². The van der Waals surface area contributed by atoms with Gasteiger partial charge in [-0.15, -0.1) is 0 Å². The lowest BCUT2D eigenvalue weighted by molar-refractivity contribution is -0.151. The van der Waals surface area contributed by atoms with E-state index in [0.717, 1.165) is 11.5 Å². The Morgan fingerprint density at radius 2 is 1.90 bits per heavy atom. The van der Waals surface area contributed by atoms with Crippen LogP contribution in [0, 0.1) is 11.8 Å². The number of hydrogen-bond donors (Lipinski definition) is 1. The smallest absolute Gasteiger partial charge is 0.245 e. The molecular weight excluding hydrogens is 272 g/mol. The maximum atomic E-state index is 12.6. The molecule has 1 aliphatic rings. The molecule has 116 valence electrons. The number of hydrogen-bond acceptors (Lipinski definition) is 3. The van der Waals surface area contributed by atoms with Crippen molar-refractivity contribution in [1.82, 2.24) is 10.2 Å². The highest BCUT2D eigenvalue weighted by Crippen LogP contribution is 2.21. The number of thioether (sulfide) groups is 1. The van der Waals surface area contributed by atoms with Gasteiger partial charge in [0.05, 0.1) is 0 Å². The summed E-state index contributed by atoms with van der Waals surface area (Å²) in [5.41, 5.74) is 0. The van der Waals surface area contributed by atoms with E-state index in [9.17, 15) is 9.59 Å². The largest absolute Gasteiger partial charge is 0.342 e. The number of nitrogens with zero attached hydrogens (tertiary/aromatic N) is 1. The fourth-order valence-electron chi connectivity index (χ4n) is 2.65. The number of nitrogens with one attached hydrogen (secondary N) is 1. The lowest BCUT2D eigenvalue weighted by Crippen LogP contribution is -2.65. The fourth-order valence-corrected chi connectivity index (χ4v) is 3.26. The molecule has 1 fully saturated rings. The van der Waals surface area contributed by atoms with Gasteiger partial charge in [0.25, 0.3) is 0 Å². The van der Waals surface area contributed by atoms with E-state index >= 15 is 0 Å². The van der Waals surface area contributed by atoms with Crippen LogP contribution in [0.15, 0.2) is 0 Å². The summed E-state index contributed by atoms with van der Waals surface area (Å²) >= 11 is 1.81. The molecule has 1 aliphatic heterocycles. The van der Waals surface area contributed by atoms with Gasteiger partial charge in [-0.3, -0.25) is 9.59 Å². The van der Waals surface area contributed by atoms with Crippen molar-refractivity contribution in [2.75, 3.05) is 18.1 Å². The highest BCUT2D eigenvalue weighted by molar-refractivity contribution is 7.99. The average Bonchev–Trinajstić information content (AvgIpc) is 2.33. The van der Waals surface area contributed by atoms with Crippen molar-refractivity contribution in [2.24, 2.45) is 11.8 Å². The Morgan fingerprint density at radius 3 is 2.40 bits per heavy atom. The monoisotopic (exact) mass is 300 g/mol. The molecule has 2 amide bonds. The van der Waals surface area contributed by atoms with E-state index in [1.165, 1.54) is 0 Å². The van der Waals surface area contributed by atoms with Crippen molar-refractivity contribution in [3.63, 3.8) is 0 Å². The van der Waals surface area contributed by atoms with Crippen LogP contribution >= 0.6 is 11.8 Å². The van der Waals surface area contributed by atoms with Gasteiger partial charge in [-0.1, -0.05) is 34.6 Å². The Bertz CT molecular complexity index is 345. The van der Waals surface area contributed by atoms with Gasteiger partial charge in [-0.2, -0.15) is 11.8 Å². The third-order valence-corrected chi connectivity index (χ3v) is 4.40. The summed E-state index contributed by atoms with van der Waals surface area (Å²) in [6.45, 7) is 10.9. The summed E-state index contributed by atoms with van der Waals surface area (Å²) in [6, 6.07) is -0.660. The molecule has 0 aliphatic carbocycles. The molecule has 20 heavy (non-hydrogen) atoms. The summed E-state index contributed by atoms with van der Waals surface area (Å²) in [5, 5.41) is 2.91. The molecule has 4 nitrogen and oxygen atoms in total. The van der Waals surface area contributed by atoms with Gasteiger partial charge in [0.2, 0.25) is 11.8 Å². The summed E-state index contributed by atoms with van der Waals surface area (Å²) in [7, 11) is 0. The number of amides is 2. The standard InChI is InChI=1S/C15H28N2O2S/c1-6-20-8-7-17-13(11(4)5)14(18)16-12(15(17)19)9-10(2)3/h10-13H,6-9H2,1-5H3,(H,16,18). The predicted molar refractivity (Wildman–Crippen MR) is 84.7 cm³/mol. The second-order valence-corrected chi connectivity index (χ2v) is 7.50. The van der Waals surface area contributed by atoms with E-state index in [-0.39, 0.29) is 29.8 Å². The first kappa shape index (κ1) is 17.3. The molecule has 0 spiro atoms. The van der Waals surface area contributed by atoms with Gasteiger partial charge in [0.15, 0.2) is 0 Å². The van der Waals surface area contributed by atoms with Crippen molar-refractivity contribution in [3.8, 4) is 0 Å². The molecule has 1 rings (SSSR count). The lowest BCUT2D eigenvalue weighted by Gasteiger charge is -2.41. The quantitative estimate of drug-likeness (QED) is 0.733. The Labute approximate surface area is 127 Å². The molecule has 0 aromatic carbocycles. The van der Waals surface area contributed by atoms with Crippen molar-refractivity contribution < 1.29 is 9.59 Å². The van der Waals surface area contributed by atoms with Crippen LogP contribution in [0.3, 0.4) is 0 Å². The molecule has 1 N–H and O–H groups in total. The first-order valence-corrected chi connectivity index (χ1v) is 8.72. The summed E-state index contributed by atoms with van der Waals surface area (Å²) in [4.78, 5) is 26.7. The van der Waals surface area contributed by atoms with Crippen LogP contribution in [-0.2, 0) is 9.59 Å². The van der Waals surface area contributed by atoms with Crippen LogP contribution in [-0.4, -0.2) is 46.8 Å². The van der Waals surface area contributed by atoms with E-state index in [1.807, 2.05) is 25.6 Å². The van der Waals surface area contributed by atoms with E-state index in [1.54, 1.807) is 4.90 Å². The van der Waals surface area contributed by atoms with E-state index in [2.05, 4.69) is 26.1 Å². The minimum absolute atomic E-state index is 0.00625. The number of carbonyl (C=O) groups excluding carboxylic acids is 2. The first-order valence-electron chi connectivity index (χ1n) is 7.57. The van der Waals surface area contributed by atoms with Crippen molar-refractivity contribution in [1.29, 1.82) is 0 Å². The molecule has 0 aromatic rings. The lowest BCUT2D eigenvalue weighted by atomic mass is 9.94. The fraction of sp³-hybridized carbons (Fsp3) is 0.867. The molecule has 0 bridgehead atoms. The van der Waals surface area contributed by atoms with Gasteiger partial charge < -0.3 is 10.2 Å². The van der Waals surface area contributed by atoms with E-state index < -0.39 is 0 Å². The maximum Gasteiger partial charge on any atom is 0.245 e. The zero-order chi connectivity index (χ0) is 15.3. The molecule has 0 saturated carbocycles. The minimum atomic E-state index is -0.343. The van der Waals surface area contributed by atoms with Gasteiger partial charge in [0.1, 0.15) is 12.1 Å². The van der Waals surface area contributed by atoms with Crippen LogP contribution in [0.25, 0.3) is 0 Å². The Balaban J connectivity index is 2.83. The third kappa shape index (κ3) is 4.40. The normalized spacial score (nSPS) is 23.6. The molecule has 2 atom stereocenters. The molecule has 1 heterocycles. The van der Waals surface area contributed by atoms with Crippen LogP contribution in [0.2, 0.25) is 0 Å². The van der Waals surface area contributed by atoms with Crippen LogP contribution in [0.5, 0.6) is 0 Å². The Morgan fingerprint density at radius 1 is 1.25 bits per heavy atom. The SMILES string of the molecule is CCSCCN1C(=O)C(CC(C)C)NC(=O)C1C(C)C. The zero-order valence-electron chi connectivity index (χ0n) is 13.3. The highest BCUT2D eigenvalue weighted by Gasteiger charge is 2.41. The molecule has 1 saturated heterocycles. The summed E-state index contributed by atoms with van der Waals surface area (Å²) in [5.74, 6) is 2.57. The van der Waals surface area contributed by atoms with Gasteiger partial charge in [-0.05, 0) is 24.0 Å². The van der Waals surface area contributed by atoms with Crippen LogP contribution in [0.1, 0.15) is 41.0 Å². The van der Waals surface area contributed by atoms with Crippen molar-refractivity contribution in [3.05, 3.63) is 0 Å². The van der Waals surface area contributed by atoms with E-state index in [0.29, 0.717) is 18.9 Å². The zero-order valence-corrected chi connectivity index (χ0v) is 14.1. The van der Waals surface area contributed by atoms with E-state index in [4.69, 9.17) is 0 Å². The van der Waals surface area contributed by atoms with Gasteiger partial charge >= 0.3 is 0 Å². The highest BCUT2D eigenvalue weighted by atomic mass is 32.2. The Kier molecular flexibility index (Phi) is 6.86. The van der Waals surface area contributed by atoms with Gasteiger partial charge in [-0.25, -0.2) is 0 Å². The molecule has 5 heteroatoms. The topological polar surface area (TPSA) is 49.4 Å². The summed E-state index contributed by atoms with van der Waals surface area (Å²) < 4.78 is 0. The van der Waals surface area contributed by atoms with Gasteiger partial charge in [0, 0.05) is 12.3 Å². The minimum Gasteiger partial charge on any atom is -0.342 e. The maximum absolute atomic E-state index is 12.6. The number of rotatable bonds is 7. The van der Waals surface area contributed by atoms with Crippen LogP contribution < -0.4 is 5.32 Å². The third-order valence-electron chi connectivity index (χ3n) is 3.52. The van der Waals surface area contributed by atoms with Crippen molar-refractivity contribution in [2.45, 2.75) is 53.1 Å². The molecule has 2 unspecified atom stereocenters. The number of carbonyl (C=O) groups is 2.